The number of morpholine rings is 1. The Bertz CT molecular complexity index is 1290. The Labute approximate surface area is 189 Å². The first-order valence-electron chi connectivity index (χ1n) is 10.3. The van der Waals surface area contributed by atoms with E-state index in [0.717, 1.165) is 20.4 Å². The fraction of sp³-hybridized carbons (Fsp3) is 0.304. The zero-order chi connectivity index (χ0) is 22.8. The van der Waals surface area contributed by atoms with E-state index in [4.69, 9.17) is 16.3 Å². The Morgan fingerprint density at radius 1 is 1.06 bits per heavy atom. The van der Waals surface area contributed by atoms with Crippen LogP contribution >= 0.6 is 11.6 Å². The number of carbonyl (C=O) groups excluding carboxylic acids is 1. The van der Waals surface area contributed by atoms with Crippen LogP contribution in [0.15, 0.2) is 52.1 Å². The number of ether oxygens (including phenoxy) is 1. The minimum atomic E-state index is -0.744. The van der Waals surface area contributed by atoms with Crippen molar-refractivity contribution in [1.29, 1.82) is 0 Å². The van der Waals surface area contributed by atoms with Crippen LogP contribution in [-0.2, 0) is 11.3 Å². The summed E-state index contributed by atoms with van der Waals surface area (Å²) in [5, 5.41) is 4.64. The number of nitrogens with zero attached hydrogens (tertiary/aromatic N) is 4. The van der Waals surface area contributed by atoms with Crippen LogP contribution in [0, 0.1) is 13.8 Å². The molecule has 0 bridgehead atoms. The van der Waals surface area contributed by atoms with E-state index in [-0.39, 0.29) is 12.2 Å². The largest absolute Gasteiger partial charge is 0.378 e. The molecule has 0 N–H and O–H groups in total. The van der Waals surface area contributed by atoms with Gasteiger partial charge < -0.3 is 9.64 Å². The van der Waals surface area contributed by atoms with Crippen LogP contribution < -0.4 is 11.2 Å². The van der Waals surface area contributed by atoms with E-state index in [1.165, 1.54) is 4.90 Å². The second-order valence-electron chi connectivity index (χ2n) is 7.70. The second kappa shape index (κ2) is 9.10. The van der Waals surface area contributed by atoms with E-state index in [2.05, 4.69) is 5.10 Å². The highest BCUT2D eigenvalue weighted by Crippen LogP contribution is 2.16. The first-order chi connectivity index (χ1) is 15.4. The van der Waals surface area contributed by atoms with Gasteiger partial charge in [0, 0.05) is 18.1 Å². The van der Waals surface area contributed by atoms with E-state index < -0.39 is 17.2 Å². The number of benzene rings is 2. The number of hydrogen-bond acceptors (Lipinski definition) is 5. The lowest BCUT2D eigenvalue weighted by Gasteiger charge is -2.26. The van der Waals surface area contributed by atoms with Gasteiger partial charge in [-0.2, -0.15) is 9.78 Å². The van der Waals surface area contributed by atoms with Crippen LogP contribution in [0.5, 0.6) is 0 Å². The van der Waals surface area contributed by atoms with Crippen molar-refractivity contribution in [3.8, 4) is 5.69 Å². The molecule has 8 nitrogen and oxygen atoms in total. The molecule has 166 valence electrons. The predicted molar refractivity (Wildman–Crippen MR) is 121 cm³/mol. The molecule has 0 spiro atoms. The zero-order valence-corrected chi connectivity index (χ0v) is 18.6. The van der Waals surface area contributed by atoms with Gasteiger partial charge in [-0.15, -0.1) is 0 Å². The van der Waals surface area contributed by atoms with E-state index in [1.807, 2.05) is 19.9 Å². The third-order valence-electron chi connectivity index (χ3n) is 5.58. The quantitative estimate of drug-likeness (QED) is 0.603. The molecule has 0 radical (unpaired) electrons. The first kappa shape index (κ1) is 22.0. The molecule has 3 aromatic rings. The zero-order valence-electron chi connectivity index (χ0n) is 17.9. The third-order valence-corrected chi connectivity index (χ3v) is 5.95. The molecule has 2 aromatic carbocycles. The van der Waals surface area contributed by atoms with Crippen molar-refractivity contribution in [1.82, 2.24) is 19.2 Å². The molecule has 1 saturated heterocycles. The minimum absolute atomic E-state index is 0.0753. The van der Waals surface area contributed by atoms with Crippen molar-refractivity contribution in [2.75, 3.05) is 26.3 Å². The molecule has 1 fully saturated rings. The standard InChI is InChI=1S/C23H23ClN4O4/c1-15-7-8-18(13-16(15)2)28-23(31)27(14-17-5-3-4-6-19(17)24)22(30)20(25-28)21(29)26-9-11-32-12-10-26/h3-8,13H,9-12,14H2,1-2H3. The average molecular weight is 455 g/mol. The molecular weight excluding hydrogens is 432 g/mol. The molecule has 0 saturated carbocycles. The highest BCUT2D eigenvalue weighted by molar-refractivity contribution is 6.31. The van der Waals surface area contributed by atoms with E-state index in [9.17, 15) is 14.4 Å². The molecule has 1 amide bonds. The van der Waals surface area contributed by atoms with Gasteiger partial charge in [-0.3, -0.25) is 14.2 Å². The Morgan fingerprint density at radius 2 is 1.78 bits per heavy atom. The molecule has 1 aliphatic heterocycles. The van der Waals surface area contributed by atoms with Crippen LogP contribution in [0.25, 0.3) is 5.69 Å². The van der Waals surface area contributed by atoms with Gasteiger partial charge in [-0.1, -0.05) is 35.9 Å². The van der Waals surface area contributed by atoms with Gasteiger partial charge in [0.25, 0.3) is 11.5 Å². The van der Waals surface area contributed by atoms with Crippen molar-refractivity contribution < 1.29 is 9.53 Å². The highest BCUT2D eigenvalue weighted by Gasteiger charge is 2.26. The molecule has 0 aliphatic carbocycles. The van der Waals surface area contributed by atoms with Crippen LogP contribution in [-0.4, -0.2) is 51.5 Å². The normalized spacial score (nSPS) is 13.9. The fourth-order valence-electron chi connectivity index (χ4n) is 3.53. The van der Waals surface area contributed by atoms with Gasteiger partial charge in [0.05, 0.1) is 25.4 Å². The van der Waals surface area contributed by atoms with Crippen molar-refractivity contribution in [2.24, 2.45) is 0 Å². The summed E-state index contributed by atoms with van der Waals surface area (Å²) in [4.78, 5) is 41.3. The molecule has 4 rings (SSSR count). The molecule has 9 heteroatoms. The number of carbonyl (C=O) groups is 1. The molecule has 0 unspecified atom stereocenters. The number of hydrogen-bond donors (Lipinski definition) is 0. The first-order valence-corrected chi connectivity index (χ1v) is 10.7. The van der Waals surface area contributed by atoms with E-state index in [0.29, 0.717) is 42.6 Å². The summed E-state index contributed by atoms with van der Waals surface area (Å²) in [5.41, 5.74) is 1.38. The van der Waals surface area contributed by atoms with Gasteiger partial charge >= 0.3 is 5.69 Å². The molecular formula is C23H23ClN4O4. The Balaban J connectivity index is 1.90. The van der Waals surface area contributed by atoms with Crippen LogP contribution in [0.1, 0.15) is 27.2 Å². The summed E-state index contributed by atoms with van der Waals surface area (Å²) in [6.07, 6.45) is 0. The molecule has 1 aliphatic rings. The minimum Gasteiger partial charge on any atom is -0.378 e. The average Bonchev–Trinajstić information content (AvgIpc) is 2.80. The monoisotopic (exact) mass is 454 g/mol. The predicted octanol–water partition coefficient (Wildman–Crippen LogP) is 2.19. The van der Waals surface area contributed by atoms with Crippen LogP contribution in [0.2, 0.25) is 5.02 Å². The summed E-state index contributed by atoms with van der Waals surface area (Å²) in [6.45, 7) is 5.28. The summed E-state index contributed by atoms with van der Waals surface area (Å²) in [5.74, 6) is -0.524. The van der Waals surface area contributed by atoms with Crippen molar-refractivity contribution in [3.63, 3.8) is 0 Å². The molecule has 2 heterocycles. The SMILES string of the molecule is Cc1ccc(-n2nc(C(=O)N3CCOCC3)c(=O)n(Cc3ccccc3Cl)c2=O)cc1C. The maximum atomic E-state index is 13.3. The Kier molecular flexibility index (Phi) is 6.25. The number of halogens is 1. The number of amides is 1. The Hall–Kier alpha value is -3.23. The summed E-state index contributed by atoms with van der Waals surface area (Å²) in [6, 6.07) is 12.4. The molecule has 1 aromatic heterocycles. The van der Waals surface area contributed by atoms with E-state index >= 15 is 0 Å². The lowest BCUT2D eigenvalue weighted by Crippen LogP contribution is -2.48. The number of aryl methyl sites for hydroxylation is 2. The maximum absolute atomic E-state index is 13.3. The van der Waals surface area contributed by atoms with Crippen molar-refractivity contribution >= 4 is 17.5 Å². The van der Waals surface area contributed by atoms with Crippen molar-refractivity contribution in [3.05, 3.63) is 90.7 Å². The topological polar surface area (TPSA) is 86.4 Å². The smallest absolute Gasteiger partial charge is 0.352 e. The summed E-state index contributed by atoms with van der Waals surface area (Å²) >= 11 is 6.27. The number of aromatic nitrogens is 3. The van der Waals surface area contributed by atoms with Gasteiger partial charge in [0.1, 0.15) is 0 Å². The van der Waals surface area contributed by atoms with Crippen LogP contribution in [0.3, 0.4) is 0 Å². The lowest BCUT2D eigenvalue weighted by atomic mass is 10.1. The van der Waals surface area contributed by atoms with Crippen LogP contribution in [0.4, 0.5) is 0 Å². The summed E-state index contributed by atoms with van der Waals surface area (Å²) in [7, 11) is 0. The van der Waals surface area contributed by atoms with E-state index in [1.54, 1.807) is 36.4 Å². The van der Waals surface area contributed by atoms with Gasteiger partial charge in [0.2, 0.25) is 5.69 Å². The van der Waals surface area contributed by atoms with Crippen molar-refractivity contribution in [2.45, 2.75) is 20.4 Å². The third kappa shape index (κ3) is 4.24. The lowest BCUT2D eigenvalue weighted by molar-refractivity contribution is 0.0295. The van der Waals surface area contributed by atoms with Gasteiger partial charge in [-0.05, 0) is 48.7 Å². The Morgan fingerprint density at radius 3 is 2.47 bits per heavy atom. The second-order valence-corrected chi connectivity index (χ2v) is 8.11. The molecule has 32 heavy (non-hydrogen) atoms. The fourth-order valence-corrected chi connectivity index (χ4v) is 3.72. The maximum Gasteiger partial charge on any atom is 0.352 e. The number of rotatable bonds is 4. The highest BCUT2D eigenvalue weighted by atomic mass is 35.5. The summed E-state index contributed by atoms with van der Waals surface area (Å²) < 4.78 is 7.42. The van der Waals surface area contributed by atoms with Gasteiger partial charge in [0.15, 0.2) is 0 Å². The molecule has 0 atom stereocenters. The van der Waals surface area contributed by atoms with Gasteiger partial charge in [-0.25, -0.2) is 4.79 Å².